The van der Waals surface area contributed by atoms with Gasteiger partial charge in [-0.15, -0.1) is 0 Å². The van der Waals surface area contributed by atoms with Crippen molar-refractivity contribution < 1.29 is 14.6 Å². The first-order chi connectivity index (χ1) is 9.49. The van der Waals surface area contributed by atoms with Gasteiger partial charge in [0.1, 0.15) is 17.4 Å². The topological polar surface area (TPSA) is 46.5 Å². The van der Waals surface area contributed by atoms with Crippen LogP contribution in [0.1, 0.15) is 50.4 Å². The second-order valence-electron chi connectivity index (χ2n) is 6.29. The first-order valence-corrected chi connectivity index (χ1v) is 7.48. The molecular weight excluding hydrogens is 252 g/mol. The molecule has 0 saturated heterocycles. The van der Waals surface area contributed by atoms with E-state index in [2.05, 4.69) is 20.8 Å². The summed E-state index contributed by atoms with van der Waals surface area (Å²) in [5.74, 6) is 1.09. The number of benzene rings is 1. The van der Waals surface area contributed by atoms with Gasteiger partial charge in [-0.05, 0) is 42.7 Å². The molecule has 20 heavy (non-hydrogen) atoms. The number of aromatic hydroxyl groups is 1. The summed E-state index contributed by atoms with van der Waals surface area (Å²) in [4.78, 5) is 12.2. The normalized spacial score (nSPS) is 26.5. The van der Waals surface area contributed by atoms with Gasteiger partial charge in [0.2, 0.25) is 0 Å². The van der Waals surface area contributed by atoms with Gasteiger partial charge in [-0.2, -0.15) is 0 Å². The Morgan fingerprint density at radius 2 is 2.00 bits per heavy atom. The lowest BCUT2D eigenvalue weighted by atomic mass is 9.75. The number of carbonyl (C=O) groups is 1. The van der Waals surface area contributed by atoms with E-state index in [0.717, 1.165) is 12.8 Å². The molecule has 3 atom stereocenters. The molecule has 3 heteroatoms. The Morgan fingerprint density at radius 1 is 1.30 bits per heavy atom. The number of rotatable bonds is 3. The van der Waals surface area contributed by atoms with Crippen molar-refractivity contribution in [1.29, 1.82) is 0 Å². The van der Waals surface area contributed by atoms with Gasteiger partial charge in [0.15, 0.2) is 0 Å². The van der Waals surface area contributed by atoms with Gasteiger partial charge >= 0.3 is 5.97 Å². The van der Waals surface area contributed by atoms with Gasteiger partial charge in [0.25, 0.3) is 0 Å². The van der Waals surface area contributed by atoms with Gasteiger partial charge in [0, 0.05) is 0 Å². The number of hydrogen-bond acceptors (Lipinski definition) is 3. The number of hydrogen-bond donors (Lipinski definition) is 1. The molecular formula is C17H24O3. The Bertz CT molecular complexity index is 467. The Hall–Kier alpha value is -1.51. The van der Waals surface area contributed by atoms with E-state index in [1.165, 1.54) is 12.5 Å². The molecule has 2 rings (SSSR count). The summed E-state index contributed by atoms with van der Waals surface area (Å²) in [5, 5.41) is 9.74. The van der Waals surface area contributed by atoms with Gasteiger partial charge < -0.3 is 9.84 Å². The van der Waals surface area contributed by atoms with E-state index in [1.807, 2.05) is 0 Å². The number of esters is 1. The highest BCUT2D eigenvalue weighted by Gasteiger charge is 2.33. The molecule has 1 aliphatic rings. The summed E-state index contributed by atoms with van der Waals surface area (Å²) in [7, 11) is 0. The molecule has 0 aliphatic heterocycles. The molecule has 0 unspecified atom stereocenters. The van der Waals surface area contributed by atoms with E-state index in [9.17, 15) is 9.90 Å². The number of para-hydroxylation sites is 1. The van der Waals surface area contributed by atoms with Crippen LogP contribution in [0, 0.1) is 17.8 Å². The van der Waals surface area contributed by atoms with Crippen molar-refractivity contribution in [3.05, 3.63) is 29.8 Å². The second-order valence-corrected chi connectivity index (χ2v) is 6.29. The Morgan fingerprint density at radius 3 is 2.65 bits per heavy atom. The first-order valence-electron chi connectivity index (χ1n) is 7.48. The number of phenolic OH excluding ortho intramolecular Hbond substituents is 1. The molecule has 0 radical (unpaired) electrons. The van der Waals surface area contributed by atoms with Crippen molar-refractivity contribution in [2.75, 3.05) is 0 Å². The summed E-state index contributed by atoms with van der Waals surface area (Å²) in [6, 6.07) is 6.56. The average Bonchev–Trinajstić information content (AvgIpc) is 2.38. The molecule has 1 aliphatic carbocycles. The van der Waals surface area contributed by atoms with E-state index in [1.54, 1.807) is 18.2 Å². The monoisotopic (exact) mass is 276 g/mol. The SMILES string of the molecule is CC(C)[C@@H]1CC[C@@H](C)C[C@@H]1OC(=O)c1ccccc1O. The number of carbonyl (C=O) groups excluding carboxylic acids is 1. The van der Waals surface area contributed by atoms with Crippen molar-refractivity contribution in [1.82, 2.24) is 0 Å². The maximum Gasteiger partial charge on any atom is 0.342 e. The molecule has 0 heterocycles. The van der Waals surface area contributed by atoms with E-state index in [0.29, 0.717) is 17.8 Å². The van der Waals surface area contributed by atoms with Crippen molar-refractivity contribution >= 4 is 5.97 Å². The van der Waals surface area contributed by atoms with Crippen LogP contribution in [0.4, 0.5) is 0 Å². The minimum Gasteiger partial charge on any atom is -0.507 e. The fraction of sp³-hybridized carbons (Fsp3) is 0.588. The molecule has 1 N–H and O–H groups in total. The van der Waals surface area contributed by atoms with Gasteiger partial charge in [0.05, 0.1) is 0 Å². The standard InChI is InChI=1S/C17H24O3/c1-11(2)13-9-8-12(3)10-16(13)20-17(19)14-6-4-5-7-15(14)18/h4-7,11-13,16,18H,8-10H2,1-3H3/t12-,13+,16+/m1/s1. The van der Waals surface area contributed by atoms with E-state index in [4.69, 9.17) is 4.74 Å². The summed E-state index contributed by atoms with van der Waals surface area (Å²) < 4.78 is 5.70. The zero-order chi connectivity index (χ0) is 14.7. The van der Waals surface area contributed by atoms with Crippen LogP contribution in [0.15, 0.2) is 24.3 Å². The smallest absolute Gasteiger partial charge is 0.342 e. The second kappa shape index (κ2) is 6.29. The molecule has 1 aromatic carbocycles. The molecule has 1 saturated carbocycles. The Labute approximate surface area is 121 Å². The van der Waals surface area contributed by atoms with E-state index >= 15 is 0 Å². The molecule has 1 fully saturated rings. The largest absolute Gasteiger partial charge is 0.507 e. The Balaban J connectivity index is 2.10. The van der Waals surface area contributed by atoms with Crippen LogP contribution < -0.4 is 0 Å². The fourth-order valence-electron chi connectivity index (χ4n) is 3.10. The van der Waals surface area contributed by atoms with Crippen LogP contribution in [0.2, 0.25) is 0 Å². The quantitative estimate of drug-likeness (QED) is 0.848. The first kappa shape index (κ1) is 14.9. The summed E-state index contributed by atoms with van der Waals surface area (Å²) in [5.41, 5.74) is 0.258. The minimum absolute atomic E-state index is 0.0116. The lowest BCUT2D eigenvalue weighted by Gasteiger charge is -2.36. The van der Waals surface area contributed by atoms with Gasteiger partial charge in [-0.3, -0.25) is 0 Å². The molecule has 110 valence electrons. The summed E-state index contributed by atoms with van der Waals surface area (Å²) >= 11 is 0. The molecule has 3 nitrogen and oxygen atoms in total. The van der Waals surface area contributed by atoms with Crippen molar-refractivity contribution in [3.8, 4) is 5.75 Å². The number of phenols is 1. The zero-order valence-corrected chi connectivity index (χ0v) is 12.5. The molecule has 1 aromatic rings. The van der Waals surface area contributed by atoms with Crippen molar-refractivity contribution in [2.45, 2.75) is 46.1 Å². The lowest BCUT2D eigenvalue weighted by Crippen LogP contribution is -2.35. The third-order valence-electron chi connectivity index (χ3n) is 4.34. The Kier molecular flexibility index (Phi) is 4.69. The highest BCUT2D eigenvalue weighted by molar-refractivity contribution is 5.92. The minimum atomic E-state index is -0.409. The van der Waals surface area contributed by atoms with Crippen LogP contribution in [-0.4, -0.2) is 17.2 Å². The maximum absolute atomic E-state index is 12.2. The third kappa shape index (κ3) is 3.33. The fourth-order valence-corrected chi connectivity index (χ4v) is 3.10. The predicted molar refractivity (Wildman–Crippen MR) is 78.7 cm³/mol. The molecule has 0 amide bonds. The molecule has 0 bridgehead atoms. The van der Waals surface area contributed by atoms with Crippen molar-refractivity contribution in [2.24, 2.45) is 17.8 Å². The van der Waals surface area contributed by atoms with Crippen LogP contribution in [0.25, 0.3) is 0 Å². The van der Waals surface area contributed by atoms with E-state index < -0.39 is 5.97 Å². The average molecular weight is 276 g/mol. The third-order valence-corrected chi connectivity index (χ3v) is 4.34. The summed E-state index contributed by atoms with van der Waals surface area (Å²) in [6.45, 7) is 6.57. The molecule has 0 aromatic heterocycles. The van der Waals surface area contributed by atoms with Crippen molar-refractivity contribution in [3.63, 3.8) is 0 Å². The van der Waals surface area contributed by atoms with Gasteiger partial charge in [-0.25, -0.2) is 4.79 Å². The lowest BCUT2D eigenvalue weighted by molar-refractivity contribution is -0.0176. The number of ether oxygens (including phenoxy) is 1. The highest BCUT2D eigenvalue weighted by Crippen LogP contribution is 2.36. The van der Waals surface area contributed by atoms with Crippen LogP contribution >= 0.6 is 0 Å². The molecule has 0 spiro atoms. The van der Waals surface area contributed by atoms with Crippen LogP contribution in [0.3, 0.4) is 0 Å². The van der Waals surface area contributed by atoms with E-state index in [-0.39, 0.29) is 17.4 Å². The summed E-state index contributed by atoms with van der Waals surface area (Å²) in [6.07, 6.45) is 3.19. The van der Waals surface area contributed by atoms with Crippen LogP contribution in [0.5, 0.6) is 5.75 Å². The van der Waals surface area contributed by atoms with Crippen LogP contribution in [-0.2, 0) is 4.74 Å². The van der Waals surface area contributed by atoms with Gasteiger partial charge in [-0.1, -0.05) is 39.3 Å². The predicted octanol–water partition coefficient (Wildman–Crippen LogP) is 4.01. The highest BCUT2D eigenvalue weighted by atomic mass is 16.5. The maximum atomic E-state index is 12.2. The zero-order valence-electron chi connectivity index (χ0n) is 12.5.